The number of carbonyl (C=O) groups excluding carboxylic acids is 1. The number of ether oxygens (including phenoxy) is 1. The molecule has 2 fully saturated rings. The van der Waals surface area contributed by atoms with E-state index in [0.29, 0.717) is 32.1 Å². The molecular formula is C18H23F3N2O4S. The molecule has 2 heterocycles. The van der Waals surface area contributed by atoms with Crippen LogP contribution in [0, 0.1) is 5.92 Å². The Labute approximate surface area is 162 Å². The summed E-state index contributed by atoms with van der Waals surface area (Å²) in [6.45, 7) is 1.36. The van der Waals surface area contributed by atoms with E-state index in [1.165, 1.54) is 0 Å². The summed E-state index contributed by atoms with van der Waals surface area (Å²) in [5, 5.41) is 2.94. The Kier molecular flexibility index (Phi) is 6.31. The molecule has 3 rings (SSSR count). The molecule has 1 N–H and O–H groups in total. The van der Waals surface area contributed by atoms with E-state index in [-0.39, 0.29) is 35.9 Å². The number of sulfonamides is 1. The Morgan fingerprint density at radius 3 is 2.50 bits per heavy atom. The topological polar surface area (TPSA) is 75.7 Å². The number of hydrogen-bond acceptors (Lipinski definition) is 4. The van der Waals surface area contributed by atoms with Gasteiger partial charge in [-0.25, -0.2) is 8.42 Å². The minimum Gasteiger partial charge on any atom is -0.379 e. The number of alkyl halides is 3. The minimum atomic E-state index is -4.61. The highest BCUT2D eigenvalue weighted by molar-refractivity contribution is 7.89. The summed E-state index contributed by atoms with van der Waals surface area (Å²) in [4.78, 5) is 12.0. The van der Waals surface area contributed by atoms with E-state index in [2.05, 4.69) is 5.32 Å². The third-order valence-electron chi connectivity index (χ3n) is 5.13. The molecule has 2 aliphatic rings. The van der Waals surface area contributed by atoms with Crippen LogP contribution in [-0.4, -0.2) is 51.0 Å². The van der Waals surface area contributed by atoms with Crippen molar-refractivity contribution in [1.82, 2.24) is 9.62 Å². The maximum atomic E-state index is 12.9. The maximum absolute atomic E-state index is 12.9. The molecule has 1 unspecified atom stereocenters. The number of carbonyl (C=O) groups is 1. The summed E-state index contributed by atoms with van der Waals surface area (Å²) in [5.41, 5.74) is -1.00. The van der Waals surface area contributed by atoms with Gasteiger partial charge in [-0.05, 0) is 43.9 Å². The van der Waals surface area contributed by atoms with Crippen molar-refractivity contribution in [2.75, 3.05) is 26.3 Å². The van der Waals surface area contributed by atoms with Gasteiger partial charge in [0.15, 0.2) is 0 Å². The number of rotatable bonds is 4. The van der Waals surface area contributed by atoms with Crippen LogP contribution in [0.5, 0.6) is 0 Å². The van der Waals surface area contributed by atoms with Gasteiger partial charge < -0.3 is 10.1 Å². The maximum Gasteiger partial charge on any atom is 0.416 e. The van der Waals surface area contributed by atoms with Crippen LogP contribution in [-0.2, 0) is 25.7 Å². The highest BCUT2D eigenvalue weighted by atomic mass is 32.2. The SMILES string of the molecule is O=C(NC1CCCOC1)C1CCN(S(=O)(=O)c2cccc(C(F)(F)F)c2)CC1. The van der Waals surface area contributed by atoms with Gasteiger partial charge in [-0.3, -0.25) is 4.79 Å². The number of halogens is 3. The zero-order valence-corrected chi connectivity index (χ0v) is 16.1. The fraction of sp³-hybridized carbons (Fsp3) is 0.611. The number of amides is 1. The lowest BCUT2D eigenvalue weighted by Gasteiger charge is -2.32. The lowest BCUT2D eigenvalue weighted by atomic mass is 9.96. The average molecular weight is 420 g/mol. The number of nitrogens with zero attached hydrogens (tertiary/aromatic N) is 1. The first-order chi connectivity index (χ1) is 13.2. The monoisotopic (exact) mass is 420 g/mol. The minimum absolute atomic E-state index is 0.0203. The summed E-state index contributed by atoms with van der Waals surface area (Å²) >= 11 is 0. The van der Waals surface area contributed by atoms with Gasteiger partial charge >= 0.3 is 6.18 Å². The van der Waals surface area contributed by atoms with Crippen LogP contribution in [0.1, 0.15) is 31.2 Å². The van der Waals surface area contributed by atoms with Gasteiger partial charge in [0, 0.05) is 25.6 Å². The molecule has 0 aliphatic carbocycles. The fourth-order valence-electron chi connectivity index (χ4n) is 3.51. The third kappa shape index (κ3) is 4.84. The van der Waals surface area contributed by atoms with E-state index in [4.69, 9.17) is 4.74 Å². The average Bonchev–Trinajstić information content (AvgIpc) is 2.68. The molecular weight excluding hydrogens is 397 g/mol. The molecule has 156 valence electrons. The van der Waals surface area contributed by atoms with Crippen LogP contribution >= 0.6 is 0 Å². The van der Waals surface area contributed by atoms with Crippen LogP contribution in [0.2, 0.25) is 0 Å². The molecule has 1 amide bonds. The fourth-order valence-corrected chi connectivity index (χ4v) is 5.03. The van der Waals surface area contributed by atoms with E-state index in [0.717, 1.165) is 35.3 Å². The largest absolute Gasteiger partial charge is 0.416 e. The predicted octanol–water partition coefficient (Wildman–Crippen LogP) is 2.40. The van der Waals surface area contributed by atoms with Crippen LogP contribution < -0.4 is 5.32 Å². The number of piperidine rings is 1. The van der Waals surface area contributed by atoms with Gasteiger partial charge in [0.1, 0.15) is 0 Å². The lowest BCUT2D eigenvalue weighted by Crippen LogP contribution is -2.47. The van der Waals surface area contributed by atoms with Crippen molar-refractivity contribution in [3.63, 3.8) is 0 Å². The Hall–Kier alpha value is -1.65. The van der Waals surface area contributed by atoms with E-state index in [1.807, 2.05) is 0 Å². The van der Waals surface area contributed by atoms with Gasteiger partial charge in [-0.1, -0.05) is 6.07 Å². The van der Waals surface area contributed by atoms with Gasteiger partial charge in [0.25, 0.3) is 0 Å². The highest BCUT2D eigenvalue weighted by Crippen LogP contribution is 2.32. The van der Waals surface area contributed by atoms with E-state index < -0.39 is 21.8 Å². The van der Waals surface area contributed by atoms with Crippen LogP contribution in [0.25, 0.3) is 0 Å². The summed E-state index contributed by atoms with van der Waals surface area (Å²) in [6, 6.07) is 3.71. The van der Waals surface area contributed by atoms with Crippen molar-refractivity contribution in [2.45, 2.75) is 42.8 Å². The van der Waals surface area contributed by atoms with Crippen molar-refractivity contribution < 1.29 is 31.1 Å². The van der Waals surface area contributed by atoms with Crippen molar-refractivity contribution in [3.05, 3.63) is 29.8 Å². The zero-order chi connectivity index (χ0) is 20.4. The zero-order valence-electron chi connectivity index (χ0n) is 15.2. The second-order valence-electron chi connectivity index (χ2n) is 7.13. The molecule has 2 saturated heterocycles. The molecule has 0 aromatic heterocycles. The number of nitrogens with one attached hydrogen (secondary N) is 1. The molecule has 2 aliphatic heterocycles. The van der Waals surface area contributed by atoms with E-state index in [9.17, 15) is 26.4 Å². The Morgan fingerprint density at radius 1 is 1.18 bits per heavy atom. The number of hydrogen-bond donors (Lipinski definition) is 1. The van der Waals surface area contributed by atoms with Gasteiger partial charge in [-0.15, -0.1) is 0 Å². The lowest BCUT2D eigenvalue weighted by molar-refractivity contribution is -0.137. The van der Waals surface area contributed by atoms with Crippen LogP contribution in [0.3, 0.4) is 0 Å². The van der Waals surface area contributed by atoms with E-state index >= 15 is 0 Å². The number of benzene rings is 1. The highest BCUT2D eigenvalue weighted by Gasteiger charge is 2.35. The Bertz CT molecular complexity index is 799. The molecule has 10 heteroatoms. The van der Waals surface area contributed by atoms with Crippen molar-refractivity contribution in [1.29, 1.82) is 0 Å². The first kappa shape index (κ1) is 21.1. The predicted molar refractivity (Wildman–Crippen MR) is 94.9 cm³/mol. The van der Waals surface area contributed by atoms with Crippen molar-refractivity contribution in [2.24, 2.45) is 5.92 Å². The van der Waals surface area contributed by atoms with Crippen LogP contribution in [0.15, 0.2) is 29.2 Å². The first-order valence-corrected chi connectivity index (χ1v) is 10.7. The molecule has 0 radical (unpaired) electrons. The molecule has 28 heavy (non-hydrogen) atoms. The molecule has 0 saturated carbocycles. The molecule has 0 bridgehead atoms. The summed E-state index contributed by atoms with van der Waals surface area (Å²) in [7, 11) is -4.04. The van der Waals surface area contributed by atoms with E-state index in [1.54, 1.807) is 0 Å². The Morgan fingerprint density at radius 2 is 1.89 bits per heavy atom. The summed E-state index contributed by atoms with van der Waals surface area (Å²) in [5.74, 6) is -0.429. The van der Waals surface area contributed by atoms with Gasteiger partial charge in [-0.2, -0.15) is 17.5 Å². The normalized spacial score (nSPS) is 22.8. The first-order valence-electron chi connectivity index (χ1n) is 9.23. The molecule has 1 atom stereocenters. The van der Waals surface area contributed by atoms with Crippen molar-refractivity contribution in [3.8, 4) is 0 Å². The molecule has 1 aromatic carbocycles. The second kappa shape index (κ2) is 8.38. The molecule has 0 spiro atoms. The summed E-state index contributed by atoms with van der Waals surface area (Å²) in [6.07, 6.45) is -2.21. The van der Waals surface area contributed by atoms with Gasteiger partial charge in [0.05, 0.1) is 23.1 Å². The molecule has 6 nitrogen and oxygen atoms in total. The standard InChI is InChI=1S/C18H23F3N2O4S/c19-18(20,21)14-3-1-5-16(11-14)28(25,26)23-8-6-13(7-9-23)17(24)22-15-4-2-10-27-12-15/h1,3,5,11,13,15H,2,4,6-10,12H2,(H,22,24). The summed E-state index contributed by atoms with van der Waals surface area (Å²) < 4.78 is 70.5. The third-order valence-corrected chi connectivity index (χ3v) is 7.03. The smallest absolute Gasteiger partial charge is 0.379 e. The Balaban J connectivity index is 1.61. The van der Waals surface area contributed by atoms with Crippen molar-refractivity contribution >= 4 is 15.9 Å². The molecule has 1 aromatic rings. The van der Waals surface area contributed by atoms with Crippen LogP contribution in [0.4, 0.5) is 13.2 Å². The quantitative estimate of drug-likeness (QED) is 0.812. The second-order valence-corrected chi connectivity index (χ2v) is 9.06. The van der Waals surface area contributed by atoms with Gasteiger partial charge in [0.2, 0.25) is 15.9 Å².